The van der Waals surface area contributed by atoms with Crippen LogP contribution < -0.4 is 11.1 Å². The molecular formula is C15H13BrF2N2O. The Bertz CT molecular complexity index is 704. The quantitative estimate of drug-likeness (QED) is 0.828. The lowest BCUT2D eigenvalue weighted by atomic mass is 10.1. The number of benzene rings is 2. The monoisotopic (exact) mass is 354 g/mol. The molecule has 0 atom stereocenters. The number of anilines is 1. The minimum Gasteiger partial charge on any atom is -0.399 e. The second kappa shape index (κ2) is 6.22. The summed E-state index contributed by atoms with van der Waals surface area (Å²) in [6.45, 7) is 1.48. The molecule has 1 amide bonds. The normalized spacial score (nSPS) is 10.5. The Morgan fingerprint density at radius 3 is 2.71 bits per heavy atom. The molecule has 2 aromatic rings. The van der Waals surface area contributed by atoms with E-state index in [-0.39, 0.29) is 17.7 Å². The van der Waals surface area contributed by atoms with E-state index >= 15 is 0 Å². The van der Waals surface area contributed by atoms with Crippen LogP contribution in [0.25, 0.3) is 0 Å². The van der Waals surface area contributed by atoms with Crippen molar-refractivity contribution in [1.82, 2.24) is 5.32 Å². The molecule has 0 heterocycles. The summed E-state index contributed by atoms with van der Waals surface area (Å²) < 4.78 is 28.2. The standard InChI is InChI=1S/C15H13BrF2N2O/c1-8-4-11(19)6-12(14(8)18)15(21)20-7-9-5-10(16)2-3-13(9)17/h2-6H,7,19H2,1H3,(H,20,21). The van der Waals surface area contributed by atoms with Crippen molar-refractivity contribution >= 4 is 27.5 Å². The maximum Gasteiger partial charge on any atom is 0.254 e. The molecule has 2 aromatic carbocycles. The van der Waals surface area contributed by atoms with Crippen LogP contribution in [0.5, 0.6) is 0 Å². The number of nitrogens with two attached hydrogens (primary N) is 1. The van der Waals surface area contributed by atoms with E-state index in [1.807, 2.05) is 0 Å². The fourth-order valence-corrected chi connectivity index (χ4v) is 2.32. The molecule has 0 aromatic heterocycles. The highest BCUT2D eigenvalue weighted by atomic mass is 79.9. The molecule has 3 nitrogen and oxygen atoms in total. The Morgan fingerprint density at radius 2 is 2.00 bits per heavy atom. The molecule has 0 aliphatic carbocycles. The van der Waals surface area contributed by atoms with Gasteiger partial charge in [0.25, 0.3) is 5.91 Å². The third-order valence-corrected chi connectivity index (χ3v) is 3.46. The van der Waals surface area contributed by atoms with E-state index in [9.17, 15) is 13.6 Å². The highest BCUT2D eigenvalue weighted by Gasteiger charge is 2.15. The molecule has 0 spiro atoms. The Kier molecular flexibility index (Phi) is 4.57. The highest BCUT2D eigenvalue weighted by molar-refractivity contribution is 9.10. The van der Waals surface area contributed by atoms with E-state index in [1.165, 1.54) is 25.1 Å². The second-order valence-corrected chi connectivity index (χ2v) is 5.53. The molecule has 0 unspecified atom stereocenters. The minimum absolute atomic E-state index is 0.0443. The lowest BCUT2D eigenvalue weighted by Gasteiger charge is -2.09. The number of hydrogen-bond donors (Lipinski definition) is 2. The van der Waals surface area contributed by atoms with Gasteiger partial charge in [-0.15, -0.1) is 0 Å². The second-order valence-electron chi connectivity index (χ2n) is 4.62. The molecule has 0 saturated carbocycles. The zero-order chi connectivity index (χ0) is 15.6. The topological polar surface area (TPSA) is 55.1 Å². The summed E-state index contributed by atoms with van der Waals surface area (Å²) in [4.78, 5) is 12.0. The SMILES string of the molecule is Cc1cc(N)cc(C(=O)NCc2cc(Br)ccc2F)c1F. The number of nitrogen functional groups attached to an aromatic ring is 1. The van der Waals surface area contributed by atoms with Crippen LogP contribution >= 0.6 is 15.9 Å². The molecule has 0 aliphatic heterocycles. The zero-order valence-corrected chi connectivity index (χ0v) is 12.8. The molecule has 0 aliphatic rings. The van der Waals surface area contributed by atoms with Crippen molar-refractivity contribution in [3.8, 4) is 0 Å². The number of halogens is 3. The number of amides is 1. The Hall–Kier alpha value is -1.95. The molecule has 0 radical (unpaired) electrons. The number of carbonyl (C=O) groups is 1. The first kappa shape index (κ1) is 15.4. The van der Waals surface area contributed by atoms with Gasteiger partial charge >= 0.3 is 0 Å². The lowest BCUT2D eigenvalue weighted by Crippen LogP contribution is -2.24. The predicted octanol–water partition coefficient (Wildman–Crippen LogP) is 3.55. The van der Waals surface area contributed by atoms with Gasteiger partial charge in [0.1, 0.15) is 11.6 Å². The Balaban J connectivity index is 2.17. The molecule has 3 N–H and O–H groups in total. The molecule has 2 rings (SSSR count). The van der Waals surface area contributed by atoms with Gasteiger partial charge in [0.05, 0.1) is 5.56 Å². The summed E-state index contributed by atoms with van der Waals surface area (Å²) in [6, 6.07) is 7.10. The molecule has 110 valence electrons. The lowest BCUT2D eigenvalue weighted by molar-refractivity contribution is 0.0946. The van der Waals surface area contributed by atoms with Crippen LogP contribution in [-0.2, 0) is 6.54 Å². The molecule has 0 fully saturated rings. The average Bonchev–Trinajstić information content (AvgIpc) is 2.43. The van der Waals surface area contributed by atoms with Crippen LogP contribution in [0.3, 0.4) is 0 Å². The van der Waals surface area contributed by atoms with Crippen molar-refractivity contribution in [2.75, 3.05) is 5.73 Å². The van der Waals surface area contributed by atoms with Gasteiger partial charge in [-0.1, -0.05) is 15.9 Å². The maximum atomic E-state index is 13.9. The Morgan fingerprint density at radius 1 is 1.29 bits per heavy atom. The van der Waals surface area contributed by atoms with Crippen LogP contribution in [-0.4, -0.2) is 5.91 Å². The highest BCUT2D eigenvalue weighted by Crippen LogP contribution is 2.18. The molecule has 0 bridgehead atoms. The first-order chi connectivity index (χ1) is 9.88. The number of carbonyl (C=O) groups excluding carboxylic acids is 1. The van der Waals surface area contributed by atoms with Gasteiger partial charge < -0.3 is 11.1 Å². The van der Waals surface area contributed by atoms with Crippen molar-refractivity contribution in [3.05, 3.63) is 63.1 Å². The number of hydrogen-bond acceptors (Lipinski definition) is 2. The van der Waals surface area contributed by atoms with Crippen LogP contribution in [0.4, 0.5) is 14.5 Å². The summed E-state index contributed by atoms with van der Waals surface area (Å²) in [5.74, 6) is -1.71. The van der Waals surface area contributed by atoms with Crippen molar-refractivity contribution in [1.29, 1.82) is 0 Å². The maximum absolute atomic E-state index is 13.9. The van der Waals surface area contributed by atoms with Gasteiger partial charge in [0, 0.05) is 22.3 Å². The van der Waals surface area contributed by atoms with Gasteiger partial charge in [0.15, 0.2) is 0 Å². The summed E-state index contributed by atoms with van der Waals surface area (Å²) in [5, 5.41) is 2.48. The van der Waals surface area contributed by atoms with Gasteiger partial charge in [-0.05, 0) is 42.8 Å². The van der Waals surface area contributed by atoms with E-state index in [2.05, 4.69) is 21.2 Å². The zero-order valence-electron chi connectivity index (χ0n) is 11.2. The van der Waals surface area contributed by atoms with Crippen LogP contribution in [0, 0.1) is 18.6 Å². The summed E-state index contributed by atoms with van der Waals surface area (Å²) >= 11 is 3.22. The fraction of sp³-hybridized carbons (Fsp3) is 0.133. The van der Waals surface area contributed by atoms with E-state index < -0.39 is 17.5 Å². The van der Waals surface area contributed by atoms with Crippen molar-refractivity contribution < 1.29 is 13.6 Å². The van der Waals surface area contributed by atoms with Crippen molar-refractivity contribution in [2.24, 2.45) is 0 Å². The smallest absolute Gasteiger partial charge is 0.254 e. The third kappa shape index (κ3) is 3.58. The van der Waals surface area contributed by atoms with E-state index in [0.29, 0.717) is 15.7 Å². The van der Waals surface area contributed by atoms with Crippen molar-refractivity contribution in [3.63, 3.8) is 0 Å². The van der Waals surface area contributed by atoms with E-state index in [0.717, 1.165) is 0 Å². The van der Waals surface area contributed by atoms with Gasteiger partial charge in [-0.2, -0.15) is 0 Å². The van der Waals surface area contributed by atoms with Gasteiger partial charge in [0.2, 0.25) is 0 Å². The number of aryl methyl sites for hydroxylation is 1. The number of nitrogens with one attached hydrogen (secondary N) is 1. The predicted molar refractivity (Wildman–Crippen MR) is 80.8 cm³/mol. The average molecular weight is 355 g/mol. The van der Waals surface area contributed by atoms with E-state index in [1.54, 1.807) is 12.1 Å². The number of rotatable bonds is 3. The first-order valence-corrected chi connectivity index (χ1v) is 6.95. The largest absolute Gasteiger partial charge is 0.399 e. The summed E-state index contributed by atoms with van der Waals surface area (Å²) in [5.41, 5.74) is 6.34. The molecular weight excluding hydrogens is 342 g/mol. The van der Waals surface area contributed by atoms with Gasteiger partial charge in [-0.3, -0.25) is 4.79 Å². The summed E-state index contributed by atoms with van der Waals surface area (Å²) in [7, 11) is 0. The molecule has 6 heteroatoms. The van der Waals surface area contributed by atoms with Crippen molar-refractivity contribution in [2.45, 2.75) is 13.5 Å². The minimum atomic E-state index is -0.637. The van der Waals surface area contributed by atoms with E-state index in [4.69, 9.17) is 5.73 Å². The molecule has 21 heavy (non-hydrogen) atoms. The first-order valence-electron chi connectivity index (χ1n) is 6.16. The van der Waals surface area contributed by atoms with Crippen LogP contribution in [0.1, 0.15) is 21.5 Å². The molecule has 0 saturated heterocycles. The van der Waals surface area contributed by atoms with Crippen LogP contribution in [0.2, 0.25) is 0 Å². The third-order valence-electron chi connectivity index (χ3n) is 2.97. The van der Waals surface area contributed by atoms with Crippen LogP contribution in [0.15, 0.2) is 34.8 Å². The summed E-state index contributed by atoms with van der Waals surface area (Å²) in [6.07, 6.45) is 0. The van der Waals surface area contributed by atoms with Gasteiger partial charge in [-0.25, -0.2) is 8.78 Å². The fourth-order valence-electron chi connectivity index (χ4n) is 1.91. The Labute approximate surface area is 129 Å².